The zero-order valence-corrected chi connectivity index (χ0v) is 12.5. The third-order valence-corrected chi connectivity index (χ3v) is 3.18. The van der Waals surface area contributed by atoms with Gasteiger partial charge < -0.3 is 0 Å². The summed E-state index contributed by atoms with van der Waals surface area (Å²) in [6.07, 6.45) is 4.19. The maximum atomic E-state index is 11.2. The fourth-order valence-electron chi connectivity index (χ4n) is 1.91. The number of nitrogens with zero attached hydrogens (tertiary/aromatic N) is 5. The second kappa shape index (κ2) is 7.62. The summed E-state index contributed by atoms with van der Waals surface area (Å²) < 4.78 is 0. The Hall–Kier alpha value is -3.32. The maximum Gasteiger partial charge on any atom is 0.242 e. The molecule has 2 rings (SSSR count). The molecule has 1 unspecified atom stereocenters. The van der Waals surface area contributed by atoms with Gasteiger partial charge in [-0.15, -0.1) is 0 Å². The molecule has 23 heavy (non-hydrogen) atoms. The number of carbonyl (C=O) groups is 1. The Balaban J connectivity index is 2.03. The average molecular weight is 306 g/mol. The number of benzene rings is 1. The average Bonchev–Trinajstić information content (AvgIpc) is 2.56. The van der Waals surface area contributed by atoms with Crippen LogP contribution in [0.15, 0.2) is 45.7 Å². The van der Waals surface area contributed by atoms with Crippen molar-refractivity contribution in [1.82, 2.24) is 5.43 Å². The molecule has 114 valence electrons. The van der Waals surface area contributed by atoms with Gasteiger partial charge in [0.15, 0.2) is 0 Å². The van der Waals surface area contributed by atoms with E-state index in [1.54, 1.807) is 24.3 Å². The van der Waals surface area contributed by atoms with Crippen LogP contribution in [-0.4, -0.2) is 17.7 Å². The van der Waals surface area contributed by atoms with E-state index in [2.05, 4.69) is 20.8 Å². The Morgan fingerprint density at radius 1 is 1.30 bits per heavy atom. The van der Waals surface area contributed by atoms with Crippen LogP contribution in [-0.2, 0) is 4.79 Å². The predicted molar refractivity (Wildman–Crippen MR) is 84.4 cm³/mol. The van der Waals surface area contributed by atoms with E-state index >= 15 is 0 Å². The first kappa shape index (κ1) is 16.1. The van der Waals surface area contributed by atoms with Crippen molar-refractivity contribution < 1.29 is 4.79 Å². The summed E-state index contributed by atoms with van der Waals surface area (Å²) in [6.45, 7) is 1.95. The molecule has 0 spiro atoms. The molecule has 1 N–H and O–H groups in total. The first-order valence-electron chi connectivity index (χ1n) is 6.97. The molecule has 0 fully saturated rings. The lowest BCUT2D eigenvalue weighted by Gasteiger charge is -2.15. The van der Waals surface area contributed by atoms with Gasteiger partial charge in [0.2, 0.25) is 11.9 Å². The van der Waals surface area contributed by atoms with Gasteiger partial charge in [-0.05, 0) is 23.8 Å². The van der Waals surface area contributed by atoms with Crippen molar-refractivity contribution in [2.45, 2.75) is 19.4 Å². The number of nitriles is 2. The molecule has 1 amide bonds. The number of amides is 1. The van der Waals surface area contributed by atoms with E-state index in [0.29, 0.717) is 12.1 Å². The second-order valence-electron chi connectivity index (χ2n) is 4.98. The van der Waals surface area contributed by atoms with Crippen molar-refractivity contribution in [2.75, 3.05) is 0 Å². The van der Waals surface area contributed by atoms with E-state index in [9.17, 15) is 4.79 Å². The summed E-state index contributed by atoms with van der Waals surface area (Å²) in [4.78, 5) is 11.2. The molecule has 7 heteroatoms. The van der Waals surface area contributed by atoms with Gasteiger partial charge in [-0.25, -0.2) is 5.43 Å². The third kappa shape index (κ3) is 4.58. The fourth-order valence-corrected chi connectivity index (χ4v) is 1.91. The minimum Gasteiger partial charge on any atom is -0.273 e. The first-order chi connectivity index (χ1) is 11.1. The van der Waals surface area contributed by atoms with Crippen LogP contribution in [0.2, 0.25) is 0 Å². The van der Waals surface area contributed by atoms with Crippen LogP contribution in [0.5, 0.6) is 0 Å². The molecule has 0 radical (unpaired) electrons. The van der Waals surface area contributed by atoms with Crippen molar-refractivity contribution in [3.8, 4) is 12.1 Å². The number of nitrogens with one attached hydrogen (secondary N) is 1. The van der Waals surface area contributed by atoms with E-state index in [-0.39, 0.29) is 11.8 Å². The van der Waals surface area contributed by atoms with Crippen LogP contribution in [0.25, 0.3) is 6.08 Å². The Kier molecular flexibility index (Phi) is 5.32. The smallest absolute Gasteiger partial charge is 0.242 e. The van der Waals surface area contributed by atoms with Crippen molar-refractivity contribution in [2.24, 2.45) is 21.2 Å². The van der Waals surface area contributed by atoms with E-state index in [0.717, 1.165) is 11.3 Å². The normalized spacial score (nSPS) is 17.8. The molecule has 0 bridgehead atoms. The SMILES string of the molecule is CC1CC(=O)NN=C1C=Cc1ccc(N=NC(C#N)C#N)cc1. The quantitative estimate of drug-likeness (QED) is 0.862. The van der Waals surface area contributed by atoms with E-state index < -0.39 is 6.04 Å². The molecule has 1 aromatic rings. The largest absolute Gasteiger partial charge is 0.273 e. The number of azo groups is 1. The topological polar surface area (TPSA) is 114 Å². The van der Waals surface area contributed by atoms with Crippen molar-refractivity contribution in [1.29, 1.82) is 10.5 Å². The summed E-state index contributed by atoms with van der Waals surface area (Å²) in [7, 11) is 0. The van der Waals surface area contributed by atoms with E-state index in [4.69, 9.17) is 10.5 Å². The van der Waals surface area contributed by atoms with Gasteiger partial charge in [-0.2, -0.15) is 25.9 Å². The van der Waals surface area contributed by atoms with Crippen molar-refractivity contribution in [3.05, 3.63) is 35.9 Å². The van der Waals surface area contributed by atoms with Crippen LogP contribution in [0.3, 0.4) is 0 Å². The minimum absolute atomic E-state index is 0.0718. The van der Waals surface area contributed by atoms with Crippen LogP contribution in [0.4, 0.5) is 5.69 Å². The highest BCUT2D eigenvalue weighted by molar-refractivity contribution is 6.03. The van der Waals surface area contributed by atoms with Gasteiger partial charge >= 0.3 is 0 Å². The molecule has 0 saturated carbocycles. The van der Waals surface area contributed by atoms with Crippen LogP contribution in [0.1, 0.15) is 18.9 Å². The molecule has 1 aromatic carbocycles. The molecule has 0 aliphatic carbocycles. The lowest BCUT2D eigenvalue weighted by Crippen LogP contribution is -2.30. The fraction of sp³-hybridized carbons (Fsp3) is 0.250. The Morgan fingerprint density at radius 2 is 2.00 bits per heavy atom. The monoisotopic (exact) mass is 306 g/mol. The standard InChI is InChI=1S/C16H14N6O/c1-11-8-16(23)22-21-15(11)7-4-12-2-5-13(6-3-12)19-20-14(9-17)10-18/h2-7,11,14H,8H2,1H3,(H,22,23). The number of rotatable bonds is 4. The van der Waals surface area contributed by atoms with Crippen molar-refractivity contribution in [3.63, 3.8) is 0 Å². The summed E-state index contributed by atoms with van der Waals surface area (Å²) in [5.41, 5.74) is 4.78. The summed E-state index contributed by atoms with van der Waals surface area (Å²) >= 11 is 0. The zero-order chi connectivity index (χ0) is 16.7. The van der Waals surface area contributed by atoms with Gasteiger partial charge in [0.1, 0.15) is 12.1 Å². The molecule has 1 atom stereocenters. The summed E-state index contributed by atoms with van der Waals surface area (Å²) in [6, 6.07) is 9.51. The second-order valence-corrected chi connectivity index (χ2v) is 4.98. The molecule has 1 heterocycles. The molecule has 1 aliphatic heterocycles. The van der Waals surface area contributed by atoms with Gasteiger partial charge in [0.05, 0.1) is 11.4 Å². The molecule has 7 nitrogen and oxygen atoms in total. The Morgan fingerprint density at radius 3 is 2.61 bits per heavy atom. The van der Waals surface area contributed by atoms with Gasteiger partial charge in [-0.1, -0.05) is 25.1 Å². The first-order valence-corrected chi connectivity index (χ1v) is 6.97. The van der Waals surface area contributed by atoms with Crippen LogP contribution in [0, 0.1) is 28.6 Å². The number of hydrogen-bond acceptors (Lipinski definition) is 6. The Bertz CT molecular complexity index is 734. The number of allylic oxidation sites excluding steroid dienone is 1. The maximum absolute atomic E-state index is 11.2. The molecule has 0 aromatic heterocycles. The van der Waals surface area contributed by atoms with E-state index in [1.165, 1.54) is 0 Å². The number of hydrazone groups is 1. The molecule has 0 saturated heterocycles. The third-order valence-electron chi connectivity index (χ3n) is 3.18. The van der Waals surface area contributed by atoms with E-state index in [1.807, 2.05) is 31.2 Å². The summed E-state index contributed by atoms with van der Waals surface area (Å²) in [5.74, 6) is 0.0133. The van der Waals surface area contributed by atoms with Gasteiger partial charge in [0.25, 0.3) is 0 Å². The van der Waals surface area contributed by atoms with Crippen molar-refractivity contribution >= 4 is 23.4 Å². The van der Waals surface area contributed by atoms with Crippen LogP contribution < -0.4 is 5.43 Å². The molecular weight excluding hydrogens is 292 g/mol. The Labute approximate surface area is 133 Å². The minimum atomic E-state index is -1.09. The number of hydrogen-bond donors (Lipinski definition) is 1. The highest BCUT2D eigenvalue weighted by Gasteiger charge is 2.17. The molecular formula is C16H14N6O. The summed E-state index contributed by atoms with van der Waals surface area (Å²) in [5, 5.41) is 28.7. The van der Waals surface area contributed by atoms with Crippen LogP contribution >= 0.6 is 0 Å². The lowest BCUT2D eigenvalue weighted by molar-refractivity contribution is -0.121. The van der Waals surface area contributed by atoms with Gasteiger partial charge in [0, 0.05) is 12.3 Å². The molecule has 1 aliphatic rings. The lowest BCUT2D eigenvalue weighted by atomic mass is 9.99. The number of carbonyl (C=O) groups excluding carboxylic acids is 1. The van der Waals surface area contributed by atoms with Gasteiger partial charge in [-0.3, -0.25) is 4.79 Å². The highest BCUT2D eigenvalue weighted by atomic mass is 16.2. The highest BCUT2D eigenvalue weighted by Crippen LogP contribution is 2.16. The predicted octanol–water partition coefficient (Wildman–Crippen LogP) is 2.71. The zero-order valence-electron chi connectivity index (χ0n) is 12.5.